The normalized spacial score (nSPS) is 15.0. The van der Waals surface area contributed by atoms with Gasteiger partial charge in [0, 0.05) is 48.7 Å². The third-order valence-electron chi connectivity index (χ3n) is 4.53. The zero-order valence-electron chi connectivity index (χ0n) is 14.3. The van der Waals surface area contributed by atoms with Gasteiger partial charge in [0.1, 0.15) is 0 Å². The largest absolute Gasteiger partial charge is 0.409 e. The lowest BCUT2D eigenvalue weighted by molar-refractivity contribution is 0.318. The van der Waals surface area contributed by atoms with Crippen LogP contribution in [0.25, 0.3) is 0 Å². The van der Waals surface area contributed by atoms with E-state index in [1.165, 1.54) is 0 Å². The smallest absolute Gasteiger partial charge is 0.237 e. The van der Waals surface area contributed by atoms with Crippen LogP contribution in [-0.2, 0) is 4.84 Å². The quantitative estimate of drug-likeness (QED) is 0.284. The Morgan fingerprint density at radius 3 is 1.69 bits per heavy atom. The molecule has 2 aromatic carbocycles. The number of benzene rings is 2. The van der Waals surface area contributed by atoms with Gasteiger partial charge in [0.05, 0.1) is 0 Å². The molecule has 26 heavy (non-hydrogen) atoms. The van der Waals surface area contributed by atoms with Gasteiger partial charge in [-0.3, -0.25) is 5.41 Å². The molecule has 2 aromatic rings. The Morgan fingerprint density at radius 1 is 0.885 bits per heavy atom. The van der Waals surface area contributed by atoms with E-state index in [1.54, 1.807) is 0 Å². The highest BCUT2D eigenvalue weighted by molar-refractivity contribution is 5.97. The number of rotatable bonds is 4. The van der Waals surface area contributed by atoms with Gasteiger partial charge >= 0.3 is 0 Å². The molecule has 136 valence electrons. The summed E-state index contributed by atoms with van der Waals surface area (Å²) in [6.45, 7) is 3.58. The van der Waals surface area contributed by atoms with Crippen LogP contribution in [0.5, 0.6) is 0 Å². The maximum Gasteiger partial charge on any atom is 0.237 e. The number of hydrogen-bond donors (Lipinski definition) is 4. The number of hydrogen-bond acceptors (Lipinski definition) is 7. The van der Waals surface area contributed by atoms with Crippen molar-refractivity contribution >= 4 is 23.1 Å². The lowest BCUT2D eigenvalue weighted by Crippen LogP contribution is -2.46. The SMILES string of the molecule is N=C(ON)c1ccc(N2CCN(c3ccc(C(N)=NO)cc3)CC2)cc1. The number of anilines is 2. The molecular weight excluding hydrogens is 332 g/mol. The molecule has 0 spiro atoms. The van der Waals surface area contributed by atoms with Gasteiger partial charge in [-0.15, -0.1) is 0 Å². The van der Waals surface area contributed by atoms with E-state index >= 15 is 0 Å². The number of piperazine rings is 1. The molecule has 6 N–H and O–H groups in total. The van der Waals surface area contributed by atoms with Crippen molar-refractivity contribution in [3.63, 3.8) is 0 Å². The number of nitrogens with one attached hydrogen (secondary N) is 1. The van der Waals surface area contributed by atoms with Gasteiger partial charge in [0.25, 0.3) is 0 Å². The van der Waals surface area contributed by atoms with Crippen LogP contribution in [0, 0.1) is 5.41 Å². The van der Waals surface area contributed by atoms with E-state index in [9.17, 15) is 0 Å². The topological polar surface area (TPSA) is 124 Å². The minimum absolute atomic E-state index is 0.0447. The van der Waals surface area contributed by atoms with Crippen LogP contribution < -0.4 is 21.4 Å². The van der Waals surface area contributed by atoms with E-state index in [2.05, 4.69) is 19.8 Å². The predicted octanol–water partition coefficient (Wildman–Crippen LogP) is 1.32. The zero-order chi connectivity index (χ0) is 18.5. The Morgan fingerprint density at radius 2 is 1.31 bits per heavy atom. The predicted molar refractivity (Wildman–Crippen MR) is 102 cm³/mol. The molecule has 1 aliphatic heterocycles. The second-order valence-corrected chi connectivity index (χ2v) is 6.00. The molecule has 0 aliphatic carbocycles. The van der Waals surface area contributed by atoms with Crippen molar-refractivity contribution in [2.75, 3.05) is 36.0 Å². The minimum atomic E-state index is -0.0447. The van der Waals surface area contributed by atoms with Crippen molar-refractivity contribution in [3.05, 3.63) is 59.7 Å². The van der Waals surface area contributed by atoms with E-state index < -0.39 is 0 Å². The molecule has 0 unspecified atom stereocenters. The lowest BCUT2D eigenvalue weighted by Gasteiger charge is -2.37. The van der Waals surface area contributed by atoms with Crippen LogP contribution in [0.15, 0.2) is 53.7 Å². The van der Waals surface area contributed by atoms with E-state index in [0.717, 1.165) is 37.6 Å². The van der Waals surface area contributed by atoms with Crippen molar-refractivity contribution < 1.29 is 10.0 Å². The number of oxime groups is 1. The van der Waals surface area contributed by atoms with Crippen LogP contribution in [0.4, 0.5) is 11.4 Å². The summed E-state index contributed by atoms with van der Waals surface area (Å²) in [5.74, 6) is 5.09. The van der Waals surface area contributed by atoms with Gasteiger partial charge in [-0.2, -0.15) is 5.90 Å². The molecule has 3 rings (SSSR count). The minimum Gasteiger partial charge on any atom is -0.409 e. The Bertz CT molecular complexity index is 780. The highest BCUT2D eigenvalue weighted by atomic mass is 16.6. The second-order valence-electron chi connectivity index (χ2n) is 6.00. The summed E-state index contributed by atoms with van der Waals surface area (Å²) in [5.41, 5.74) is 9.17. The van der Waals surface area contributed by atoms with Crippen LogP contribution in [0.1, 0.15) is 11.1 Å². The monoisotopic (exact) mass is 354 g/mol. The van der Waals surface area contributed by atoms with E-state index in [4.69, 9.17) is 22.2 Å². The molecular formula is C18H22N6O2. The first kappa shape index (κ1) is 17.6. The second kappa shape index (κ2) is 7.75. The average Bonchev–Trinajstić information content (AvgIpc) is 2.73. The Balaban J connectivity index is 1.61. The number of amidine groups is 1. The Hall–Kier alpha value is -3.26. The maximum atomic E-state index is 8.73. The highest BCUT2D eigenvalue weighted by Gasteiger charge is 2.18. The molecule has 0 atom stereocenters. The molecule has 0 radical (unpaired) electrons. The highest BCUT2D eigenvalue weighted by Crippen LogP contribution is 2.21. The molecule has 0 aromatic heterocycles. The Labute approximate surface area is 151 Å². The number of nitrogens with two attached hydrogens (primary N) is 2. The van der Waals surface area contributed by atoms with Gasteiger partial charge in [-0.05, 0) is 48.5 Å². The molecule has 1 saturated heterocycles. The summed E-state index contributed by atoms with van der Waals surface area (Å²) in [6, 6.07) is 15.3. The number of nitrogens with zero attached hydrogens (tertiary/aromatic N) is 3. The fraction of sp³-hybridized carbons (Fsp3) is 0.222. The lowest BCUT2D eigenvalue weighted by atomic mass is 10.1. The third-order valence-corrected chi connectivity index (χ3v) is 4.53. The van der Waals surface area contributed by atoms with Crippen LogP contribution >= 0.6 is 0 Å². The molecule has 0 saturated carbocycles. The van der Waals surface area contributed by atoms with Gasteiger partial charge in [0.2, 0.25) is 5.90 Å². The maximum absolute atomic E-state index is 8.73. The van der Waals surface area contributed by atoms with Crippen LogP contribution in [0.2, 0.25) is 0 Å². The van der Waals surface area contributed by atoms with Gasteiger partial charge in [0.15, 0.2) is 5.84 Å². The van der Waals surface area contributed by atoms with Crippen LogP contribution in [0.3, 0.4) is 0 Å². The molecule has 1 fully saturated rings. The summed E-state index contributed by atoms with van der Waals surface area (Å²) < 4.78 is 0. The standard InChI is InChI=1S/C18H22N6O2/c19-17(22-25)13-1-5-15(6-2-13)23-9-11-24(12-10-23)16-7-3-14(4-8-16)18(20)26-21/h1-8,20,25H,9-12,21H2,(H2,19,22). The summed E-state index contributed by atoms with van der Waals surface area (Å²) in [5, 5.41) is 19.3. The first-order chi connectivity index (χ1) is 12.6. The summed E-state index contributed by atoms with van der Waals surface area (Å²) in [4.78, 5) is 9.06. The van der Waals surface area contributed by atoms with Gasteiger partial charge in [-0.1, -0.05) is 5.16 Å². The third kappa shape index (κ3) is 3.70. The summed E-state index contributed by atoms with van der Waals surface area (Å²) >= 11 is 0. The van der Waals surface area contributed by atoms with Crippen molar-refractivity contribution in [2.45, 2.75) is 0 Å². The van der Waals surface area contributed by atoms with Crippen molar-refractivity contribution in [3.8, 4) is 0 Å². The first-order valence-corrected chi connectivity index (χ1v) is 8.26. The van der Waals surface area contributed by atoms with Crippen molar-refractivity contribution in [2.24, 2.45) is 16.8 Å². The van der Waals surface area contributed by atoms with E-state index in [0.29, 0.717) is 11.1 Å². The van der Waals surface area contributed by atoms with Crippen LogP contribution in [-0.4, -0.2) is 43.1 Å². The fourth-order valence-corrected chi connectivity index (χ4v) is 3.02. The van der Waals surface area contributed by atoms with Gasteiger partial charge in [-0.25, -0.2) is 0 Å². The molecule has 8 nitrogen and oxygen atoms in total. The Kier molecular flexibility index (Phi) is 5.23. The molecule has 0 bridgehead atoms. The zero-order valence-corrected chi connectivity index (χ0v) is 14.3. The first-order valence-electron chi connectivity index (χ1n) is 8.26. The molecule has 0 amide bonds. The average molecular weight is 354 g/mol. The van der Waals surface area contributed by atoms with E-state index in [-0.39, 0.29) is 11.7 Å². The molecule has 1 aliphatic rings. The molecule has 8 heteroatoms. The molecule has 1 heterocycles. The van der Waals surface area contributed by atoms with Crippen molar-refractivity contribution in [1.29, 1.82) is 5.41 Å². The van der Waals surface area contributed by atoms with E-state index in [1.807, 2.05) is 48.5 Å². The fourth-order valence-electron chi connectivity index (χ4n) is 3.02. The van der Waals surface area contributed by atoms with Crippen molar-refractivity contribution in [1.82, 2.24) is 0 Å². The van der Waals surface area contributed by atoms with Gasteiger partial charge < -0.3 is 25.6 Å². The summed E-state index contributed by atoms with van der Waals surface area (Å²) in [6.07, 6.45) is 0. The summed E-state index contributed by atoms with van der Waals surface area (Å²) in [7, 11) is 0.